The first-order chi connectivity index (χ1) is 13.1. The summed E-state index contributed by atoms with van der Waals surface area (Å²) in [6, 6.07) is 16.2. The van der Waals surface area contributed by atoms with Crippen molar-refractivity contribution < 1.29 is 4.79 Å². The molecule has 0 atom stereocenters. The van der Waals surface area contributed by atoms with Gasteiger partial charge in [-0.15, -0.1) is 0 Å². The van der Waals surface area contributed by atoms with Crippen molar-refractivity contribution in [2.75, 3.05) is 5.32 Å². The summed E-state index contributed by atoms with van der Waals surface area (Å²) in [5.74, 6) is 1.09. The number of carbonyl (C=O) groups excluding carboxylic acids is 1. The number of aromatic nitrogens is 2. The number of anilines is 1. The minimum atomic E-state index is -0.396. The molecule has 0 aliphatic heterocycles. The maximum Gasteiger partial charge on any atom is 0.235 e. The zero-order chi connectivity index (χ0) is 18.9. The fourth-order valence-electron chi connectivity index (χ4n) is 3.66. The van der Waals surface area contributed by atoms with E-state index in [0.717, 1.165) is 47.4 Å². The van der Waals surface area contributed by atoms with Gasteiger partial charge in [-0.2, -0.15) is 0 Å². The van der Waals surface area contributed by atoms with Crippen LogP contribution in [0, 0.1) is 6.92 Å². The standard InChI is InChI=1S/C22H22BrN3O/c1-16-24-13-14-26(16)15-17-3-9-20(10-4-17)25-21(27)22(11-2-12-22)18-5-7-19(23)8-6-18/h3-10,13-14H,2,11-12,15H2,1H3,(H,25,27). The van der Waals surface area contributed by atoms with Gasteiger partial charge in [0.05, 0.1) is 5.41 Å². The van der Waals surface area contributed by atoms with E-state index in [1.54, 1.807) is 0 Å². The lowest BCUT2D eigenvalue weighted by atomic mass is 9.64. The van der Waals surface area contributed by atoms with Crippen LogP contribution < -0.4 is 5.32 Å². The van der Waals surface area contributed by atoms with E-state index in [9.17, 15) is 4.79 Å². The molecule has 3 aromatic rings. The van der Waals surface area contributed by atoms with E-state index in [0.29, 0.717) is 0 Å². The van der Waals surface area contributed by atoms with Crippen LogP contribution in [0.2, 0.25) is 0 Å². The highest BCUT2D eigenvalue weighted by Gasteiger charge is 2.45. The van der Waals surface area contributed by atoms with Gasteiger partial charge in [0.1, 0.15) is 5.82 Å². The molecule has 1 heterocycles. The Labute approximate surface area is 167 Å². The number of carbonyl (C=O) groups is 1. The molecule has 1 aliphatic rings. The molecular weight excluding hydrogens is 402 g/mol. The average Bonchev–Trinajstić information content (AvgIpc) is 3.02. The van der Waals surface area contributed by atoms with Crippen molar-refractivity contribution in [1.29, 1.82) is 0 Å². The van der Waals surface area contributed by atoms with Gasteiger partial charge in [-0.1, -0.05) is 46.6 Å². The van der Waals surface area contributed by atoms with Crippen LogP contribution in [0.3, 0.4) is 0 Å². The van der Waals surface area contributed by atoms with E-state index < -0.39 is 5.41 Å². The van der Waals surface area contributed by atoms with Crippen LogP contribution in [-0.2, 0) is 16.8 Å². The van der Waals surface area contributed by atoms with Crippen LogP contribution in [0.25, 0.3) is 0 Å². The van der Waals surface area contributed by atoms with Crippen molar-refractivity contribution in [1.82, 2.24) is 9.55 Å². The first-order valence-electron chi connectivity index (χ1n) is 9.21. The number of nitrogens with one attached hydrogen (secondary N) is 1. The molecule has 5 heteroatoms. The number of rotatable bonds is 5. The molecule has 4 rings (SSSR count). The number of hydrogen-bond donors (Lipinski definition) is 1. The Morgan fingerprint density at radius 2 is 1.85 bits per heavy atom. The van der Waals surface area contributed by atoms with Crippen LogP contribution in [0.4, 0.5) is 5.69 Å². The Bertz CT molecular complexity index is 940. The molecule has 1 amide bonds. The Balaban J connectivity index is 1.47. The third-order valence-electron chi connectivity index (χ3n) is 5.53. The van der Waals surface area contributed by atoms with Gasteiger partial charge in [-0.05, 0) is 55.2 Å². The van der Waals surface area contributed by atoms with Crippen molar-refractivity contribution in [3.8, 4) is 0 Å². The molecule has 0 spiro atoms. The Kier molecular flexibility index (Phi) is 4.87. The second-order valence-corrected chi connectivity index (χ2v) is 8.11. The summed E-state index contributed by atoms with van der Waals surface area (Å²) in [6.45, 7) is 2.78. The largest absolute Gasteiger partial charge is 0.331 e. The minimum absolute atomic E-state index is 0.0919. The second kappa shape index (κ2) is 7.31. The molecule has 27 heavy (non-hydrogen) atoms. The lowest BCUT2D eigenvalue weighted by molar-refractivity contribution is -0.124. The predicted octanol–water partition coefficient (Wildman–Crippen LogP) is 5.06. The number of imidazole rings is 1. The molecule has 0 saturated heterocycles. The monoisotopic (exact) mass is 423 g/mol. The van der Waals surface area contributed by atoms with Gasteiger partial charge in [-0.3, -0.25) is 4.79 Å². The van der Waals surface area contributed by atoms with Crippen molar-refractivity contribution in [3.63, 3.8) is 0 Å². The van der Waals surface area contributed by atoms with Gasteiger partial charge in [0.15, 0.2) is 0 Å². The summed E-state index contributed by atoms with van der Waals surface area (Å²) >= 11 is 3.47. The summed E-state index contributed by atoms with van der Waals surface area (Å²) in [5.41, 5.74) is 2.73. The minimum Gasteiger partial charge on any atom is -0.331 e. The normalized spacial score (nSPS) is 15.2. The summed E-state index contributed by atoms with van der Waals surface area (Å²) in [6.07, 6.45) is 6.68. The van der Waals surface area contributed by atoms with Gasteiger partial charge in [0.2, 0.25) is 5.91 Å². The molecule has 0 unspecified atom stereocenters. The van der Waals surface area contributed by atoms with Crippen LogP contribution in [-0.4, -0.2) is 15.5 Å². The third-order valence-corrected chi connectivity index (χ3v) is 6.06. The van der Waals surface area contributed by atoms with Crippen LogP contribution in [0.1, 0.15) is 36.2 Å². The van der Waals surface area contributed by atoms with Crippen LogP contribution in [0.5, 0.6) is 0 Å². The maximum absolute atomic E-state index is 13.1. The lowest BCUT2D eigenvalue weighted by Crippen LogP contribution is -2.46. The Morgan fingerprint density at radius 3 is 2.41 bits per heavy atom. The number of halogens is 1. The molecule has 138 valence electrons. The number of amides is 1. The Morgan fingerprint density at radius 1 is 1.15 bits per heavy atom. The lowest BCUT2D eigenvalue weighted by Gasteiger charge is -2.40. The highest BCUT2D eigenvalue weighted by atomic mass is 79.9. The molecule has 4 nitrogen and oxygen atoms in total. The number of hydrogen-bond acceptors (Lipinski definition) is 2. The van der Waals surface area contributed by atoms with E-state index in [1.807, 2.05) is 43.6 Å². The van der Waals surface area contributed by atoms with E-state index in [4.69, 9.17) is 0 Å². The molecule has 2 aromatic carbocycles. The highest BCUT2D eigenvalue weighted by Crippen LogP contribution is 2.44. The fourth-order valence-corrected chi connectivity index (χ4v) is 3.92. The molecule has 0 radical (unpaired) electrons. The first-order valence-corrected chi connectivity index (χ1v) is 10.0. The number of benzene rings is 2. The van der Waals surface area contributed by atoms with Gasteiger partial charge >= 0.3 is 0 Å². The Hall–Kier alpha value is -2.40. The van der Waals surface area contributed by atoms with Crippen molar-refractivity contribution in [2.24, 2.45) is 0 Å². The maximum atomic E-state index is 13.1. The predicted molar refractivity (Wildman–Crippen MR) is 111 cm³/mol. The zero-order valence-electron chi connectivity index (χ0n) is 15.3. The number of aryl methyl sites for hydroxylation is 1. The third kappa shape index (κ3) is 3.56. The van der Waals surface area contributed by atoms with Gasteiger partial charge in [0.25, 0.3) is 0 Å². The SMILES string of the molecule is Cc1nccn1Cc1ccc(NC(=O)C2(c3ccc(Br)cc3)CCC2)cc1. The average molecular weight is 424 g/mol. The van der Waals surface area contributed by atoms with Crippen molar-refractivity contribution in [2.45, 2.75) is 38.1 Å². The first kappa shape index (κ1) is 18.0. The molecule has 1 aliphatic carbocycles. The quantitative estimate of drug-likeness (QED) is 0.622. The molecule has 1 N–H and O–H groups in total. The second-order valence-electron chi connectivity index (χ2n) is 7.20. The zero-order valence-corrected chi connectivity index (χ0v) is 16.9. The van der Waals surface area contributed by atoms with Crippen LogP contribution >= 0.6 is 15.9 Å². The topological polar surface area (TPSA) is 46.9 Å². The fraction of sp³-hybridized carbons (Fsp3) is 0.273. The summed E-state index contributed by atoms with van der Waals surface area (Å²) in [5, 5.41) is 3.13. The van der Waals surface area contributed by atoms with E-state index >= 15 is 0 Å². The molecular formula is C22H22BrN3O. The number of nitrogens with zero attached hydrogens (tertiary/aromatic N) is 2. The summed E-state index contributed by atoms with van der Waals surface area (Å²) < 4.78 is 3.13. The van der Waals surface area contributed by atoms with Gasteiger partial charge in [0, 0.05) is 29.1 Å². The van der Waals surface area contributed by atoms with E-state index in [1.165, 1.54) is 5.56 Å². The van der Waals surface area contributed by atoms with E-state index in [-0.39, 0.29) is 5.91 Å². The smallest absolute Gasteiger partial charge is 0.235 e. The summed E-state index contributed by atoms with van der Waals surface area (Å²) in [7, 11) is 0. The van der Waals surface area contributed by atoms with Gasteiger partial charge < -0.3 is 9.88 Å². The molecule has 1 saturated carbocycles. The van der Waals surface area contributed by atoms with E-state index in [2.05, 4.69) is 55.1 Å². The summed E-state index contributed by atoms with van der Waals surface area (Å²) in [4.78, 5) is 17.3. The van der Waals surface area contributed by atoms with Crippen LogP contribution in [0.15, 0.2) is 65.4 Å². The molecule has 1 aromatic heterocycles. The van der Waals surface area contributed by atoms with Crippen molar-refractivity contribution >= 4 is 27.5 Å². The molecule has 0 bridgehead atoms. The highest BCUT2D eigenvalue weighted by molar-refractivity contribution is 9.10. The molecule has 1 fully saturated rings. The van der Waals surface area contributed by atoms with Gasteiger partial charge in [-0.25, -0.2) is 4.98 Å². The van der Waals surface area contributed by atoms with Crippen molar-refractivity contribution in [3.05, 3.63) is 82.3 Å².